The van der Waals surface area contributed by atoms with Crippen LogP contribution in [0, 0.1) is 10.5 Å². The number of hydrogen-bond acceptors (Lipinski definition) is 2. The molecule has 0 radical (unpaired) electrons. The van der Waals surface area contributed by atoms with E-state index in [4.69, 9.17) is 0 Å². The normalized spacial score (nSPS) is 11.1. The Morgan fingerprint density at radius 3 is 2.32 bits per heavy atom. The van der Waals surface area contributed by atoms with Crippen LogP contribution in [-0.2, 0) is 0 Å². The van der Waals surface area contributed by atoms with E-state index in [9.17, 15) is 18.0 Å². The number of benzene rings is 2. The fourth-order valence-electron chi connectivity index (χ4n) is 1.72. The number of anilines is 1. The lowest BCUT2D eigenvalue weighted by molar-refractivity contribution is -0.274. The number of carbonyl (C=O) groups is 1. The molecule has 0 saturated carbocycles. The number of alkyl halides is 3. The van der Waals surface area contributed by atoms with Crippen molar-refractivity contribution < 1.29 is 22.7 Å². The van der Waals surface area contributed by atoms with Gasteiger partial charge in [-0.15, -0.1) is 13.2 Å². The monoisotopic (exact) mass is 421 g/mol. The van der Waals surface area contributed by atoms with Gasteiger partial charge < -0.3 is 10.1 Å². The van der Waals surface area contributed by atoms with Gasteiger partial charge in [-0.2, -0.15) is 0 Å². The van der Waals surface area contributed by atoms with E-state index in [0.29, 0.717) is 5.69 Å². The molecule has 0 unspecified atom stereocenters. The van der Waals surface area contributed by atoms with Crippen molar-refractivity contribution >= 4 is 34.2 Å². The molecule has 22 heavy (non-hydrogen) atoms. The molecule has 116 valence electrons. The van der Waals surface area contributed by atoms with Crippen LogP contribution in [0.25, 0.3) is 0 Å². The highest BCUT2D eigenvalue weighted by Crippen LogP contribution is 2.24. The number of rotatable bonds is 3. The Morgan fingerprint density at radius 2 is 1.77 bits per heavy atom. The summed E-state index contributed by atoms with van der Waals surface area (Å²) >= 11 is 2.10. The van der Waals surface area contributed by atoms with Crippen LogP contribution in [0.4, 0.5) is 18.9 Å². The van der Waals surface area contributed by atoms with Gasteiger partial charge in [-0.3, -0.25) is 4.79 Å². The van der Waals surface area contributed by atoms with Gasteiger partial charge >= 0.3 is 6.36 Å². The molecular weight excluding hydrogens is 410 g/mol. The van der Waals surface area contributed by atoms with Gasteiger partial charge in [0.15, 0.2) is 0 Å². The number of aryl methyl sites for hydroxylation is 1. The first kappa shape index (κ1) is 16.6. The molecule has 0 spiro atoms. The fraction of sp³-hybridized carbons (Fsp3) is 0.133. The molecule has 0 saturated heterocycles. The van der Waals surface area contributed by atoms with Crippen molar-refractivity contribution in [3.8, 4) is 5.75 Å². The Hall–Kier alpha value is -1.77. The van der Waals surface area contributed by atoms with E-state index in [1.54, 1.807) is 6.07 Å². The summed E-state index contributed by atoms with van der Waals surface area (Å²) in [5.74, 6) is -0.769. The Morgan fingerprint density at radius 1 is 1.14 bits per heavy atom. The number of carbonyl (C=O) groups excluding carboxylic acids is 1. The number of nitrogens with one attached hydrogen (secondary N) is 1. The molecular formula is C15H11F3INO2. The van der Waals surface area contributed by atoms with Crippen molar-refractivity contribution in [3.63, 3.8) is 0 Å². The van der Waals surface area contributed by atoms with Gasteiger partial charge in [0.25, 0.3) is 5.91 Å². The lowest BCUT2D eigenvalue weighted by atomic mass is 10.2. The third-order valence-electron chi connectivity index (χ3n) is 2.72. The fourth-order valence-corrected chi connectivity index (χ4v) is 2.53. The zero-order chi connectivity index (χ0) is 16.3. The van der Waals surface area contributed by atoms with Crippen molar-refractivity contribution in [2.24, 2.45) is 0 Å². The van der Waals surface area contributed by atoms with Gasteiger partial charge in [0.2, 0.25) is 0 Å². The maximum Gasteiger partial charge on any atom is 0.573 e. The molecule has 1 N–H and O–H groups in total. The highest BCUT2D eigenvalue weighted by Gasteiger charge is 2.31. The van der Waals surface area contributed by atoms with Gasteiger partial charge in [-0.05, 0) is 71.5 Å². The average Bonchev–Trinajstić information content (AvgIpc) is 2.41. The smallest absolute Gasteiger partial charge is 0.406 e. The molecule has 2 rings (SSSR count). The number of amides is 1. The summed E-state index contributed by atoms with van der Waals surface area (Å²) in [6.07, 6.45) is -4.75. The summed E-state index contributed by atoms with van der Waals surface area (Å²) in [7, 11) is 0. The Balaban J connectivity index is 2.10. The quantitative estimate of drug-likeness (QED) is 0.727. The van der Waals surface area contributed by atoms with E-state index < -0.39 is 12.3 Å². The maximum absolute atomic E-state index is 12.1. The standard InChI is InChI=1S/C15H11F3INO2/c1-9-2-7-13(12(19)8-9)20-14(21)10-3-5-11(6-4-10)22-15(16,17)18/h2-8H,1H3,(H,20,21). The molecule has 0 atom stereocenters. The van der Waals surface area contributed by atoms with E-state index in [2.05, 4.69) is 32.6 Å². The van der Waals surface area contributed by atoms with E-state index in [1.807, 2.05) is 19.1 Å². The van der Waals surface area contributed by atoms with Crippen molar-refractivity contribution in [1.29, 1.82) is 0 Å². The van der Waals surface area contributed by atoms with E-state index in [0.717, 1.165) is 21.3 Å². The zero-order valence-corrected chi connectivity index (χ0v) is 13.5. The molecule has 1 amide bonds. The minimum absolute atomic E-state index is 0.242. The number of hydrogen-bond donors (Lipinski definition) is 1. The maximum atomic E-state index is 12.1. The second-order valence-electron chi connectivity index (χ2n) is 4.51. The molecule has 0 heterocycles. The van der Waals surface area contributed by atoms with Crippen molar-refractivity contribution in [1.82, 2.24) is 0 Å². The molecule has 0 aliphatic carbocycles. The second-order valence-corrected chi connectivity index (χ2v) is 5.67. The van der Waals surface area contributed by atoms with Crippen molar-refractivity contribution in [2.45, 2.75) is 13.3 Å². The van der Waals surface area contributed by atoms with Crippen molar-refractivity contribution in [3.05, 3.63) is 57.2 Å². The van der Waals surface area contributed by atoms with Gasteiger partial charge in [0.05, 0.1) is 5.69 Å². The van der Waals surface area contributed by atoms with Gasteiger partial charge in [0.1, 0.15) is 5.75 Å². The number of ether oxygens (including phenoxy) is 1. The summed E-state index contributed by atoms with van der Waals surface area (Å²) in [5.41, 5.74) is 1.95. The van der Waals surface area contributed by atoms with Crippen LogP contribution in [0.15, 0.2) is 42.5 Å². The third kappa shape index (κ3) is 4.62. The SMILES string of the molecule is Cc1ccc(NC(=O)c2ccc(OC(F)(F)F)cc2)c(I)c1. The van der Waals surface area contributed by atoms with E-state index in [-0.39, 0.29) is 11.3 Å². The van der Waals surface area contributed by atoms with Crippen LogP contribution >= 0.6 is 22.6 Å². The Bertz CT molecular complexity index is 684. The summed E-state index contributed by atoms with van der Waals surface area (Å²) in [6, 6.07) is 10.3. The van der Waals surface area contributed by atoms with Crippen LogP contribution in [0.1, 0.15) is 15.9 Å². The molecule has 0 aliphatic heterocycles. The first-order chi connectivity index (χ1) is 10.2. The molecule has 2 aromatic carbocycles. The van der Waals surface area contributed by atoms with Crippen LogP contribution < -0.4 is 10.1 Å². The predicted octanol–water partition coefficient (Wildman–Crippen LogP) is 4.75. The Kier molecular flexibility index (Phi) is 4.94. The average molecular weight is 421 g/mol. The highest BCUT2D eigenvalue weighted by molar-refractivity contribution is 14.1. The molecule has 0 aliphatic rings. The molecule has 0 bridgehead atoms. The van der Waals surface area contributed by atoms with Crippen molar-refractivity contribution in [2.75, 3.05) is 5.32 Å². The number of halogens is 4. The van der Waals surface area contributed by atoms with Gasteiger partial charge in [-0.25, -0.2) is 0 Å². The topological polar surface area (TPSA) is 38.3 Å². The predicted molar refractivity (Wildman–Crippen MR) is 85.0 cm³/mol. The summed E-state index contributed by atoms with van der Waals surface area (Å²) < 4.78 is 40.8. The first-order valence-corrected chi connectivity index (χ1v) is 7.26. The minimum atomic E-state index is -4.75. The first-order valence-electron chi connectivity index (χ1n) is 6.18. The second kappa shape index (κ2) is 6.55. The summed E-state index contributed by atoms with van der Waals surface area (Å²) in [4.78, 5) is 12.1. The van der Waals surface area contributed by atoms with Crippen LogP contribution in [0.5, 0.6) is 5.75 Å². The van der Waals surface area contributed by atoms with Gasteiger partial charge in [0, 0.05) is 9.13 Å². The lowest BCUT2D eigenvalue weighted by Crippen LogP contribution is -2.17. The van der Waals surface area contributed by atoms with Crippen LogP contribution in [0.2, 0.25) is 0 Å². The molecule has 0 aromatic heterocycles. The molecule has 2 aromatic rings. The van der Waals surface area contributed by atoms with E-state index >= 15 is 0 Å². The van der Waals surface area contributed by atoms with Crippen LogP contribution in [-0.4, -0.2) is 12.3 Å². The Labute approximate surface area is 138 Å². The summed E-state index contributed by atoms with van der Waals surface area (Å²) in [6.45, 7) is 1.94. The lowest BCUT2D eigenvalue weighted by Gasteiger charge is -2.10. The van der Waals surface area contributed by atoms with Crippen LogP contribution in [0.3, 0.4) is 0 Å². The van der Waals surface area contributed by atoms with Gasteiger partial charge in [-0.1, -0.05) is 6.07 Å². The van der Waals surface area contributed by atoms with E-state index in [1.165, 1.54) is 12.1 Å². The highest BCUT2D eigenvalue weighted by atomic mass is 127. The molecule has 7 heteroatoms. The largest absolute Gasteiger partial charge is 0.573 e. The molecule has 3 nitrogen and oxygen atoms in total. The zero-order valence-electron chi connectivity index (χ0n) is 11.4. The summed E-state index contributed by atoms with van der Waals surface area (Å²) in [5, 5.41) is 2.71. The third-order valence-corrected chi connectivity index (χ3v) is 3.62. The minimum Gasteiger partial charge on any atom is -0.406 e. The molecule has 0 fully saturated rings.